The molecule has 1 aromatic rings. The van der Waals surface area contributed by atoms with Gasteiger partial charge in [-0.1, -0.05) is 45.0 Å². The molecule has 96 valence electrons. The third-order valence-electron chi connectivity index (χ3n) is 3.34. The summed E-state index contributed by atoms with van der Waals surface area (Å²) in [5.74, 6) is 0.526. The number of hydrogen-bond acceptors (Lipinski definition) is 2. The molecular formula is C15H25NO. The Morgan fingerprint density at radius 3 is 2.65 bits per heavy atom. The molecule has 0 amide bonds. The normalized spacial score (nSPS) is 13.7. The van der Waals surface area contributed by atoms with Gasteiger partial charge in [0.05, 0.1) is 6.61 Å². The van der Waals surface area contributed by atoms with Gasteiger partial charge in [-0.05, 0) is 30.0 Å². The minimum absolute atomic E-state index is 0.0627. The van der Waals surface area contributed by atoms with Gasteiger partial charge < -0.3 is 10.5 Å². The van der Waals surface area contributed by atoms with Crippen LogP contribution in [0.3, 0.4) is 0 Å². The Balaban J connectivity index is 2.92. The zero-order valence-electron chi connectivity index (χ0n) is 11.5. The third kappa shape index (κ3) is 3.83. The van der Waals surface area contributed by atoms with E-state index in [1.54, 1.807) is 7.11 Å². The summed E-state index contributed by atoms with van der Waals surface area (Å²) in [7, 11) is 1.75. The van der Waals surface area contributed by atoms with Gasteiger partial charge in [0.2, 0.25) is 0 Å². The molecule has 0 aromatic heterocycles. The monoisotopic (exact) mass is 235 g/mol. The van der Waals surface area contributed by atoms with Gasteiger partial charge in [0, 0.05) is 12.5 Å². The van der Waals surface area contributed by atoms with Crippen molar-refractivity contribution in [2.75, 3.05) is 20.3 Å². The second-order valence-electron chi connectivity index (χ2n) is 5.42. The van der Waals surface area contributed by atoms with Gasteiger partial charge in [0.1, 0.15) is 0 Å². The van der Waals surface area contributed by atoms with Crippen LogP contribution in [0.2, 0.25) is 0 Å². The first kappa shape index (κ1) is 14.2. The average Bonchev–Trinajstić information content (AvgIpc) is 2.29. The zero-order valence-corrected chi connectivity index (χ0v) is 11.5. The van der Waals surface area contributed by atoms with Gasteiger partial charge in [-0.3, -0.25) is 0 Å². The predicted octanol–water partition coefficient (Wildman–Crippen LogP) is 3.06. The number of benzene rings is 1. The summed E-state index contributed by atoms with van der Waals surface area (Å²) in [6.07, 6.45) is 1.04. The molecule has 1 aromatic carbocycles. The van der Waals surface area contributed by atoms with E-state index in [4.69, 9.17) is 10.5 Å². The van der Waals surface area contributed by atoms with Crippen molar-refractivity contribution in [1.29, 1.82) is 0 Å². The lowest BCUT2D eigenvalue weighted by atomic mass is 9.83. The first-order valence-corrected chi connectivity index (χ1v) is 6.30. The molecule has 2 N–H and O–H groups in total. The van der Waals surface area contributed by atoms with Crippen molar-refractivity contribution in [1.82, 2.24) is 0 Å². The molecule has 0 spiro atoms. The maximum Gasteiger partial charge on any atom is 0.0553 e. The molecule has 1 atom stereocenters. The highest BCUT2D eigenvalue weighted by atomic mass is 16.5. The summed E-state index contributed by atoms with van der Waals surface area (Å²) in [5.41, 5.74) is 8.39. The second kappa shape index (κ2) is 6.18. The number of hydrogen-bond donors (Lipinski definition) is 1. The zero-order chi connectivity index (χ0) is 12.9. The van der Waals surface area contributed by atoms with E-state index in [2.05, 4.69) is 45.0 Å². The predicted molar refractivity (Wildman–Crippen MR) is 73.4 cm³/mol. The van der Waals surface area contributed by atoms with Crippen molar-refractivity contribution >= 4 is 0 Å². The van der Waals surface area contributed by atoms with Crippen molar-refractivity contribution in [3.63, 3.8) is 0 Å². The molecule has 2 nitrogen and oxygen atoms in total. The molecule has 0 saturated carbocycles. The fraction of sp³-hybridized carbons (Fsp3) is 0.600. The SMILES string of the molecule is COCC(C)(C)c1cccc(C(C)CCN)c1. The van der Waals surface area contributed by atoms with Crippen molar-refractivity contribution in [3.05, 3.63) is 35.4 Å². The standard InChI is InChI=1S/C15H25NO/c1-12(8-9-16)13-6-5-7-14(10-13)15(2,3)11-17-4/h5-7,10,12H,8-9,11,16H2,1-4H3. The molecule has 0 aliphatic rings. The Bertz CT molecular complexity index is 347. The smallest absolute Gasteiger partial charge is 0.0553 e. The third-order valence-corrected chi connectivity index (χ3v) is 3.34. The molecule has 0 bridgehead atoms. The van der Waals surface area contributed by atoms with Gasteiger partial charge in [-0.25, -0.2) is 0 Å². The highest BCUT2D eigenvalue weighted by Gasteiger charge is 2.21. The molecule has 1 unspecified atom stereocenters. The summed E-state index contributed by atoms with van der Waals surface area (Å²) in [4.78, 5) is 0. The van der Waals surface area contributed by atoms with Crippen LogP contribution in [0, 0.1) is 0 Å². The Morgan fingerprint density at radius 1 is 1.35 bits per heavy atom. The van der Waals surface area contributed by atoms with E-state index in [0.717, 1.165) is 19.6 Å². The van der Waals surface area contributed by atoms with E-state index >= 15 is 0 Å². The molecule has 0 aliphatic carbocycles. The maximum atomic E-state index is 5.62. The van der Waals surface area contributed by atoms with Crippen LogP contribution in [0.5, 0.6) is 0 Å². The number of ether oxygens (including phenoxy) is 1. The van der Waals surface area contributed by atoms with E-state index in [9.17, 15) is 0 Å². The maximum absolute atomic E-state index is 5.62. The molecule has 0 heterocycles. The lowest BCUT2D eigenvalue weighted by Gasteiger charge is -2.25. The Morgan fingerprint density at radius 2 is 2.06 bits per heavy atom. The number of nitrogens with two attached hydrogens (primary N) is 1. The molecule has 0 saturated heterocycles. The van der Waals surface area contributed by atoms with Crippen LogP contribution < -0.4 is 5.73 Å². The van der Waals surface area contributed by atoms with E-state index in [1.807, 2.05) is 0 Å². The highest BCUT2D eigenvalue weighted by Crippen LogP contribution is 2.27. The summed E-state index contributed by atoms with van der Waals surface area (Å²) in [5, 5.41) is 0. The van der Waals surface area contributed by atoms with Crippen LogP contribution in [0.1, 0.15) is 44.2 Å². The lowest BCUT2D eigenvalue weighted by molar-refractivity contribution is 0.146. The van der Waals surface area contributed by atoms with Crippen LogP contribution in [0.15, 0.2) is 24.3 Å². The molecule has 0 fully saturated rings. The van der Waals surface area contributed by atoms with E-state index in [-0.39, 0.29) is 5.41 Å². The lowest BCUT2D eigenvalue weighted by Crippen LogP contribution is -2.23. The minimum Gasteiger partial charge on any atom is -0.384 e. The molecule has 0 aliphatic heterocycles. The topological polar surface area (TPSA) is 35.2 Å². The summed E-state index contributed by atoms with van der Waals surface area (Å²) >= 11 is 0. The molecular weight excluding hydrogens is 210 g/mol. The Hall–Kier alpha value is -0.860. The van der Waals surface area contributed by atoms with E-state index < -0.39 is 0 Å². The fourth-order valence-electron chi connectivity index (χ4n) is 2.13. The van der Waals surface area contributed by atoms with Crippen molar-refractivity contribution in [2.45, 2.75) is 38.5 Å². The van der Waals surface area contributed by atoms with Crippen LogP contribution in [-0.4, -0.2) is 20.3 Å². The number of methoxy groups -OCH3 is 1. The first-order valence-electron chi connectivity index (χ1n) is 6.30. The molecule has 17 heavy (non-hydrogen) atoms. The summed E-state index contributed by atoms with van der Waals surface area (Å²) in [6.45, 7) is 8.14. The van der Waals surface area contributed by atoms with Crippen molar-refractivity contribution < 1.29 is 4.74 Å². The second-order valence-corrected chi connectivity index (χ2v) is 5.42. The van der Waals surface area contributed by atoms with Crippen LogP contribution >= 0.6 is 0 Å². The van der Waals surface area contributed by atoms with Crippen LogP contribution in [0.4, 0.5) is 0 Å². The Kier molecular flexibility index (Phi) is 5.16. The molecule has 1 rings (SSSR count). The fourth-order valence-corrected chi connectivity index (χ4v) is 2.13. The van der Waals surface area contributed by atoms with Gasteiger partial charge in [-0.15, -0.1) is 0 Å². The Labute approximate surface area is 105 Å². The largest absolute Gasteiger partial charge is 0.384 e. The minimum atomic E-state index is 0.0627. The van der Waals surface area contributed by atoms with Gasteiger partial charge in [0.25, 0.3) is 0 Å². The van der Waals surface area contributed by atoms with E-state index in [0.29, 0.717) is 5.92 Å². The quantitative estimate of drug-likeness (QED) is 0.822. The van der Waals surface area contributed by atoms with Crippen LogP contribution in [0.25, 0.3) is 0 Å². The van der Waals surface area contributed by atoms with E-state index in [1.165, 1.54) is 11.1 Å². The van der Waals surface area contributed by atoms with Gasteiger partial charge >= 0.3 is 0 Å². The molecule has 0 radical (unpaired) electrons. The summed E-state index contributed by atoms with van der Waals surface area (Å²) in [6, 6.07) is 8.79. The summed E-state index contributed by atoms with van der Waals surface area (Å²) < 4.78 is 5.29. The number of rotatable bonds is 6. The van der Waals surface area contributed by atoms with Gasteiger partial charge in [-0.2, -0.15) is 0 Å². The average molecular weight is 235 g/mol. The highest BCUT2D eigenvalue weighted by molar-refractivity contribution is 5.31. The van der Waals surface area contributed by atoms with Gasteiger partial charge in [0.15, 0.2) is 0 Å². The van der Waals surface area contributed by atoms with Crippen LogP contribution in [-0.2, 0) is 10.2 Å². The van der Waals surface area contributed by atoms with Crippen molar-refractivity contribution in [3.8, 4) is 0 Å². The van der Waals surface area contributed by atoms with Crippen molar-refractivity contribution in [2.24, 2.45) is 5.73 Å². The first-order chi connectivity index (χ1) is 8.01. The molecule has 2 heteroatoms.